The Kier molecular flexibility index (Phi) is 4.72. The highest BCUT2D eigenvalue weighted by Crippen LogP contribution is 2.44. The minimum absolute atomic E-state index is 0.881. The monoisotopic (exact) mass is 278 g/mol. The molecule has 0 N–H and O–H groups in total. The lowest BCUT2D eigenvalue weighted by Crippen LogP contribution is -2.50. The Morgan fingerprint density at radius 1 is 0.900 bits per heavy atom. The fraction of sp³-hybridized carbons (Fsp3) is 1.00. The first-order valence-corrected chi connectivity index (χ1v) is 9.05. The van der Waals surface area contributed by atoms with E-state index in [1.165, 1.54) is 64.5 Å². The van der Waals surface area contributed by atoms with Gasteiger partial charge in [0.25, 0.3) is 0 Å². The number of hydrogen-bond donors (Lipinski definition) is 0. The van der Waals surface area contributed by atoms with Crippen molar-refractivity contribution in [1.29, 1.82) is 0 Å². The molecule has 20 heavy (non-hydrogen) atoms. The van der Waals surface area contributed by atoms with Crippen LogP contribution in [0.3, 0.4) is 0 Å². The molecule has 0 amide bonds. The van der Waals surface area contributed by atoms with E-state index in [0.29, 0.717) is 0 Å². The number of likely N-dealkylation sites (tertiary alicyclic amines) is 2. The zero-order chi connectivity index (χ0) is 14.1. The van der Waals surface area contributed by atoms with Crippen LogP contribution in [0.1, 0.15) is 58.3 Å². The van der Waals surface area contributed by atoms with Crippen LogP contribution in [0.4, 0.5) is 0 Å². The van der Waals surface area contributed by atoms with Gasteiger partial charge in [0.1, 0.15) is 0 Å². The quantitative estimate of drug-likeness (QED) is 0.761. The van der Waals surface area contributed by atoms with Crippen LogP contribution in [0, 0.1) is 17.8 Å². The van der Waals surface area contributed by atoms with Crippen molar-refractivity contribution in [2.24, 2.45) is 17.8 Å². The summed E-state index contributed by atoms with van der Waals surface area (Å²) in [6, 6.07) is 1.78. The summed E-state index contributed by atoms with van der Waals surface area (Å²) < 4.78 is 0. The zero-order valence-electron chi connectivity index (χ0n) is 13.9. The Morgan fingerprint density at radius 3 is 2.50 bits per heavy atom. The van der Waals surface area contributed by atoms with Crippen LogP contribution in [0.15, 0.2) is 0 Å². The molecule has 116 valence electrons. The molecule has 2 nitrogen and oxygen atoms in total. The summed E-state index contributed by atoms with van der Waals surface area (Å²) in [4.78, 5) is 5.34. The molecule has 0 radical (unpaired) electrons. The molecule has 1 aliphatic carbocycles. The van der Waals surface area contributed by atoms with Gasteiger partial charge in [-0.2, -0.15) is 0 Å². The highest BCUT2D eigenvalue weighted by atomic mass is 15.1. The average Bonchev–Trinajstić information content (AvgIpc) is 2.42. The summed E-state index contributed by atoms with van der Waals surface area (Å²) in [5, 5.41) is 0. The third-order valence-corrected chi connectivity index (χ3v) is 6.56. The third kappa shape index (κ3) is 3.06. The topological polar surface area (TPSA) is 6.48 Å². The maximum Gasteiger partial charge on any atom is 0.0126 e. The Balaban J connectivity index is 1.67. The second-order valence-corrected chi connectivity index (χ2v) is 8.06. The van der Waals surface area contributed by atoms with Gasteiger partial charge < -0.3 is 9.80 Å². The molecule has 3 rings (SSSR count). The lowest BCUT2D eigenvalue weighted by molar-refractivity contribution is 0.00592. The van der Waals surface area contributed by atoms with Crippen molar-refractivity contribution < 1.29 is 0 Å². The third-order valence-electron chi connectivity index (χ3n) is 6.56. The molecule has 0 spiro atoms. The van der Waals surface area contributed by atoms with Crippen LogP contribution < -0.4 is 0 Å². The van der Waals surface area contributed by atoms with Gasteiger partial charge in [-0.25, -0.2) is 0 Å². The van der Waals surface area contributed by atoms with Gasteiger partial charge in [-0.1, -0.05) is 13.3 Å². The Hall–Kier alpha value is -0.0800. The SMILES string of the molecule is C[C@@H]1C[C@@H](C[C@@H]2CCCCN2C)[C@H]2CCCN(C)[C@@H]2C1. The normalized spacial score (nSPS) is 44.2. The molecule has 2 heterocycles. The maximum atomic E-state index is 2.68. The summed E-state index contributed by atoms with van der Waals surface area (Å²) in [7, 11) is 4.74. The molecular formula is C18H34N2. The van der Waals surface area contributed by atoms with E-state index in [2.05, 4.69) is 30.8 Å². The van der Waals surface area contributed by atoms with Gasteiger partial charge in [0.2, 0.25) is 0 Å². The predicted octanol–water partition coefficient (Wildman–Crippen LogP) is 3.62. The first kappa shape index (κ1) is 14.8. The number of hydrogen-bond acceptors (Lipinski definition) is 2. The van der Waals surface area contributed by atoms with E-state index < -0.39 is 0 Å². The van der Waals surface area contributed by atoms with Gasteiger partial charge in [-0.15, -0.1) is 0 Å². The van der Waals surface area contributed by atoms with Crippen molar-refractivity contribution in [3.05, 3.63) is 0 Å². The van der Waals surface area contributed by atoms with Crippen LogP contribution in [-0.4, -0.2) is 49.1 Å². The molecule has 0 aromatic rings. The van der Waals surface area contributed by atoms with E-state index >= 15 is 0 Å². The molecule has 0 aromatic heterocycles. The fourth-order valence-corrected chi connectivity index (χ4v) is 5.43. The zero-order valence-corrected chi connectivity index (χ0v) is 13.9. The van der Waals surface area contributed by atoms with E-state index in [0.717, 1.165) is 29.8 Å². The highest BCUT2D eigenvalue weighted by molar-refractivity contribution is 4.94. The average molecular weight is 278 g/mol. The second-order valence-electron chi connectivity index (χ2n) is 8.06. The minimum Gasteiger partial charge on any atom is -0.303 e. The number of rotatable bonds is 2. The van der Waals surface area contributed by atoms with Crippen molar-refractivity contribution in [3.63, 3.8) is 0 Å². The van der Waals surface area contributed by atoms with Crippen LogP contribution in [0.2, 0.25) is 0 Å². The van der Waals surface area contributed by atoms with E-state index in [1.54, 1.807) is 0 Å². The molecule has 2 heteroatoms. The van der Waals surface area contributed by atoms with Crippen LogP contribution in [-0.2, 0) is 0 Å². The van der Waals surface area contributed by atoms with E-state index in [9.17, 15) is 0 Å². The summed E-state index contributed by atoms with van der Waals surface area (Å²) in [6.45, 7) is 5.17. The molecule has 1 saturated carbocycles. The molecule has 3 fully saturated rings. The first-order chi connectivity index (χ1) is 9.65. The molecule has 2 saturated heterocycles. The summed E-state index contributed by atoms with van der Waals surface area (Å²) in [6.07, 6.45) is 11.7. The van der Waals surface area contributed by atoms with Gasteiger partial charge in [-0.3, -0.25) is 0 Å². The predicted molar refractivity (Wildman–Crippen MR) is 85.9 cm³/mol. The van der Waals surface area contributed by atoms with Gasteiger partial charge in [0, 0.05) is 12.1 Å². The smallest absolute Gasteiger partial charge is 0.0126 e. The van der Waals surface area contributed by atoms with Gasteiger partial charge in [-0.05, 0) is 89.9 Å². The molecule has 0 unspecified atom stereocenters. The van der Waals surface area contributed by atoms with E-state index in [4.69, 9.17) is 0 Å². The summed E-state index contributed by atoms with van der Waals surface area (Å²) in [5.41, 5.74) is 0. The van der Waals surface area contributed by atoms with Crippen molar-refractivity contribution >= 4 is 0 Å². The van der Waals surface area contributed by atoms with Crippen LogP contribution >= 0.6 is 0 Å². The largest absolute Gasteiger partial charge is 0.303 e. The van der Waals surface area contributed by atoms with E-state index in [1.807, 2.05) is 0 Å². The number of nitrogens with zero attached hydrogens (tertiary/aromatic N) is 2. The summed E-state index contributed by atoms with van der Waals surface area (Å²) >= 11 is 0. The molecule has 5 atom stereocenters. The minimum atomic E-state index is 0.881. The Morgan fingerprint density at radius 2 is 1.70 bits per heavy atom. The lowest BCUT2D eigenvalue weighted by Gasteiger charge is -2.50. The molecule has 2 aliphatic heterocycles. The fourth-order valence-electron chi connectivity index (χ4n) is 5.43. The summed E-state index contributed by atoms with van der Waals surface area (Å²) in [5.74, 6) is 2.94. The number of fused-ring (bicyclic) bond motifs is 1. The van der Waals surface area contributed by atoms with Crippen molar-refractivity contribution in [1.82, 2.24) is 9.80 Å². The molecule has 0 bridgehead atoms. The molecule has 3 aliphatic rings. The first-order valence-electron chi connectivity index (χ1n) is 9.05. The number of piperidine rings is 2. The second kappa shape index (κ2) is 6.36. The van der Waals surface area contributed by atoms with E-state index in [-0.39, 0.29) is 0 Å². The van der Waals surface area contributed by atoms with Gasteiger partial charge >= 0.3 is 0 Å². The van der Waals surface area contributed by atoms with Crippen molar-refractivity contribution in [2.45, 2.75) is 70.4 Å². The standard InChI is InChI=1S/C18H34N2/c1-14-11-15(13-16-7-4-5-9-19(16)2)17-8-6-10-20(3)18(17)12-14/h14-18H,4-13H2,1-3H3/t14-,15+,16+,17-,18-/m1/s1. The van der Waals surface area contributed by atoms with Crippen LogP contribution in [0.25, 0.3) is 0 Å². The lowest BCUT2D eigenvalue weighted by atomic mass is 9.65. The Bertz CT molecular complexity index is 317. The molecule has 0 aromatic carbocycles. The maximum absolute atomic E-state index is 2.68. The van der Waals surface area contributed by atoms with Crippen LogP contribution in [0.5, 0.6) is 0 Å². The highest BCUT2D eigenvalue weighted by Gasteiger charge is 2.41. The Labute approximate surface area is 125 Å². The van der Waals surface area contributed by atoms with Gasteiger partial charge in [0.05, 0.1) is 0 Å². The van der Waals surface area contributed by atoms with Crippen molar-refractivity contribution in [3.8, 4) is 0 Å². The molecular weight excluding hydrogens is 244 g/mol. The van der Waals surface area contributed by atoms with Gasteiger partial charge in [0.15, 0.2) is 0 Å². The van der Waals surface area contributed by atoms with Crippen molar-refractivity contribution in [2.75, 3.05) is 27.2 Å².